The van der Waals surface area contributed by atoms with Crippen LogP contribution in [0.2, 0.25) is 0 Å². The summed E-state index contributed by atoms with van der Waals surface area (Å²) < 4.78 is 5.09. The second kappa shape index (κ2) is 11.9. The van der Waals surface area contributed by atoms with E-state index in [2.05, 4.69) is 36.6 Å². The fraction of sp³-hybridized carbons (Fsp3) is 0.417. The summed E-state index contributed by atoms with van der Waals surface area (Å²) in [6.07, 6.45) is 2.99. The Hall–Kier alpha value is -2.82. The number of ether oxygens (including phenoxy) is 1. The van der Waals surface area contributed by atoms with Crippen LogP contribution in [0.4, 0.5) is 0 Å². The molecule has 2 N–H and O–H groups in total. The van der Waals surface area contributed by atoms with Crippen molar-refractivity contribution in [3.05, 3.63) is 65.7 Å². The average molecular weight is 397 g/mol. The Kier molecular flexibility index (Phi) is 9.22. The van der Waals surface area contributed by atoms with Gasteiger partial charge in [0.2, 0.25) is 5.91 Å². The molecule has 1 atom stereocenters. The molecule has 0 spiro atoms. The first-order valence-electron chi connectivity index (χ1n) is 10.4. The number of hydrogen-bond acceptors (Lipinski definition) is 3. The molecule has 0 bridgehead atoms. The van der Waals surface area contributed by atoms with Crippen molar-refractivity contribution in [2.75, 3.05) is 13.7 Å². The van der Waals surface area contributed by atoms with Gasteiger partial charge in [0, 0.05) is 18.5 Å². The third-order valence-corrected chi connectivity index (χ3v) is 5.21. The van der Waals surface area contributed by atoms with Crippen LogP contribution in [0.1, 0.15) is 61.5 Å². The van der Waals surface area contributed by atoms with Gasteiger partial charge in [0.15, 0.2) is 0 Å². The van der Waals surface area contributed by atoms with Crippen molar-refractivity contribution in [3.8, 4) is 5.75 Å². The largest absolute Gasteiger partial charge is 0.497 e. The molecule has 0 aliphatic carbocycles. The molecule has 0 aromatic heterocycles. The molecule has 1 unspecified atom stereocenters. The summed E-state index contributed by atoms with van der Waals surface area (Å²) in [6.45, 7) is 4.77. The lowest BCUT2D eigenvalue weighted by molar-refractivity contribution is -0.122. The third kappa shape index (κ3) is 6.93. The van der Waals surface area contributed by atoms with Crippen molar-refractivity contribution >= 4 is 11.8 Å². The molecule has 0 aliphatic rings. The molecule has 29 heavy (non-hydrogen) atoms. The summed E-state index contributed by atoms with van der Waals surface area (Å²) in [5.74, 6) is 0.983. The SMILES string of the molecule is CCC(CC)C(NC(=O)CCCNC(=O)c1ccc(OC)cc1)c1ccccc1. The van der Waals surface area contributed by atoms with E-state index in [4.69, 9.17) is 4.74 Å². The molecule has 0 saturated heterocycles. The van der Waals surface area contributed by atoms with E-state index < -0.39 is 0 Å². The molecule has 2 rings (SSSR count). The van der Waals surface area contributed by atoms with Gasteiger partial charge in [-0.05, 0) is 42.2 Å². The maximum Gasteiger partial charge on any atom is 0.251 e. The molecule has 2 aromatic rings. The zero-order valence-electron chi connectivity index (χ0n) is 17.6. The van der Waals surface area contributed by atoms with E-state index in [0.29, 0.717) is 36.6 Å². The Bertz CT molecular complexity index is 755. The van der Waals surface area contributed by atoms with Gasteiger partial charge in [0.05, 0.1) is 13.2 Å². The monoisotopic (exact) mass is 396 g/mol. The second-order valence-corrected chi connectivity index (χ2v) is 7.12. The quantitative estimate of drug-likeness (QED) is 0.550. The summed E-state index contributed by atoms with van der Waals surface area (Å²) in [4.78, 5) is 24.7. The van der Waals surface area contributed by atoms with E-state index in [9.17, 15) is 9.59 Å². The van der Waals surface area contributed by atoms with Crippen LogP contribution in [0.5, 0.6) is 5.75 Å². The Morgan fingerprint density at radius 2 is 1.62 bits per heavy atom. The zero-order chi connectivity index (χ0) is 21.1. The fourth-order valence-electron chi connectivity index (χ4n) is 3.43. The van der Waals surface area contributed by atoms with Gasteiger partial charge in [0.25, 0.3) is 5.91 Å². The number of carbonyl (C=O) groups excluding carboxylic acids is 2. The standard InChI is InChI=1S/C24H32N2O3/c1-4-18(5-2)23(19-10-7-6-8-11-19)26-22(27)12-9-17-25-24(28)20-13-15-21(29-3)16-14-20/h6-8,10-11,13-16,18,23H,4-5,9,12,17H2,1-3H3,(H,25,28)(H,26,27). The zero-order valence-corrected chi connectivity index (χ0v) is 17.6. The molecule has 0 aliphatic heterocycles. The van der Waals surface area contributed by atoms with Crippen LogP contribution in [-0.2, 0) is 4.79 Å². The van der Waals surface area contributed by atoms with E-state index in [0.717, 1.165) is 18.4 Å². The van der Waals surface area contributed by atoms with Crippen LogP contribution in [0.15, 0.2) is 54.6 Å². The molecule has 0 fully saturated rings. The van der Waals surface area contributed by atoms with Crippen molar-refractivity contribution in [1.29, 1.82) is 0 Å². The molecule has 2 amide bonds. The summed E-state index contributed by atoms with van der Waals surface area (Å²) >= 11 is 0. The normalized spacial score (nSPS) is 11.7. The topological polar surface area (TPSA) is 67.4 Å². The summed E-state index contributed by atoms with van der Waals surface area (Å²) in [5, 5.41) is 6.06. The van der Waals surface area contributed by atoms with E-state index in [1.807, 2.05) is 18.2 Å². The van der Waals surface area contributed by atoms with Crippen molar-refractivity contribution in [1.82, 2.24) is 10.6 Å². The van der Waals surface area contributed by atoms with Crippen LogP contribution in [0.3, 0.4) is 0 Å². The molecule has 5 nitrogen and oxygen atoms in total. The molecule has 0 heterocycles. The minimum absolute atomic E-state index is 0.0180. The van der Waals surface area contributed by atoms with E-state index >= 15 is 0 Å². The van der Waals surface area contributed by atoms with Crippen molar-refractivity contribution in [2.24, 2.45) is 5.92 Å². The Morgan fingerprint density at radius 3 is 2.21 bits per heavy atom. The van der Waals surface area contributed by atoms with E-state index in [1.54, 1.807) is 31.4 Å². The van der Waals surface area contributed by atoms with Gasteiger partial charge in [-0.15, -0.1) is 0 Å². The van der Waals surface area contributed by atoms with Crippen molar-refractivity contribution in [3.63, 3.8) is 0 Å². The molecule has 0 saturated carbocycles. The Balaban J connectivity index is 1.81. The maximum absolute atomic E-state index is 12.5. The summed E-state index contributed by atoms with van der Waals surface area (Å²) in [7, 11) is 1.59. The highest BCUT2D eigenvalue weighted by molar-refractivity contribution is 5.94. The first kappa shape index (κ1) is 22.5. The van der Waals surface area contributed by atoms with Crippen molar-refractivity contribution in [2.45, 2.75) is 45.6 Å². The average Bonchev–Trinajstić information content (AvgIpc) is 2.77. The van der Waals surface area contributed by atoms with Gasteiger partial charge in [-0.1, -0.05) is 57.0 Å². The van der Waals surface area contributed by atoms with Crippen LogP contribution in [0, 0.1) is 5.92 Å². The van der Waals surface area contributed by atoms with Crippen LogP contribution in [0.25, 0.3) is 0 Å². The van der Waals surface area contributed by atoms with Gasteiger partial charge in [-0.2, -0.15) is 0 Å². The minimum atomic E-state index is -0.146. The van der Waals surface area contributed by atoms with E-state index in [-0.39, 0.29) is 17.9 Å². The lowest BCUT2D eigenvalue weighted by Crippen LogP contribution is -2.34. The van der Waals surface area contributed by atoms with Gasteiger partial charge in [-0.25, -0.2) is 0 Å². The van der Waals surface area contributed by atoms with Gasteiger partial charge in [0.1, 0.15) is 5.75 Å². The Labute approximate surface area is 173 Å². The smallest absolute Gasteiger partial charge is 0.251 e. The fourth-order valence-corrected chi connectivity index (χ4v) is 3.43. The highest BCUT2D eigenvalue weighted by Crippen LogP contribution is 2.27. The Morgan fingerprint density at radius 1 is 0.966 bits per heavy atom. The highest BCUT2D eigenvalue weighted by atomic mass is 16.5. The molecular weight excluding hydrogens is 364 g/mol. The molecule has 0 radical (unpaired) electrons. The number of methoxy groups -OCH3 is 1. The van der Waals surface area contributed by atoms with E-state index in [1.165, 1.54) is 0 Å². The van der Waals surface area contributed by atoms with Crippen LogP contribution >= 0.6 is 0 Å². The van der Waals surface area contributed by atoms with Crippen LogP contribution in [-0.4, -0.2) is 25.5 Å². The predicted octanol–water partition coefficient (Wildman–Crippen LogP) is 4.50. The summed E-state index contributed by atoms with van der Waals surface area (Å²) in [5.41, 5.74) is 1.72. The number of benzene rings is 2. The lowest BCUT2D eigenvalue weighted by atomic mass is 9.88. The molecule has 5 heteroatoms. The predicted molar refractivity (Wildman–Crippen MR) is 116 cm³/mol. The van der Waals surface area contributed by atoms with Crippen LogP contribution < -0.4 is 15.4 Å². The maximum atomic E-state index is 12.5. The minimum Gasteiger partial charge on any atom is -0.497 e. The number of rotatable bonds is 11. The second-order valence-electron chi connectivity index (χ2n) is 7.12. The first-order valence-corrected chi connectivity index (χ1v) is 10.4. The number of carbonyl (C=O) groups is 2. The van der Waals surface area contributed by atoms with Gasteiger partial charge in [-0.3, -0.25) is 9.59 Å². The molecule has 156 valence electrons. The van der Waals surface area contributed by atoms with Gasteiger partial charge < -0.3 is 15.4 Å². The number of hydrogen-bond donors (Lipinski definition) is 2. The first-order chi connectivity index (χ1) is 14.1. The number of amides is 2. The third-order valence-electron chi connectivity index (χ3n) is 5.21. The molecule has 2 aromatic carbocycles. The summed E-state index contributed by atoms with van der Waals surface area (Å²) in [6, 6.07) is 17.1. The highest BCUT2D eigenvalue weighted by Gasteiger charge is 2.22. The van der Waals surface area contributed by atoms with Crippen molar-refractivity contribution < 1.29 is 14.3 Å². The van der Waals surface area contributed by atoms with Gasteiger partial charge >= 0.3 is 0 Å². The molecular formula is C24H32N2O3. The number of nitrogens with one attached hydrogen (secondary N) is 2. The lowest BCUT2D eigenvalue weighted by Gasteiger charge is -2.27.